The van der Waals surface area contributed by atoms with Crippen molar-refractivity contribution in [3.8, 4) is 0 Å². The molecule has 2 rings (SSSR count). The molecule has 0 aliphatic carbocycles. The third-order valence-electron chi connectivity index (χ3n) is 4.91. The lowest BCUT2D eigenvalue weighted by Gasteiger charge is -2.17. The Balaban J connectivity index is 1.53. The van der Waals surface area contributed by atoms with Crippen molar-refractivity contribution in [2.24, 2.45) is 5.41 Å². The molecule has 0 unspecified atom stereocenters. The Morgan fingerprint density at radius 2 is 1.15 bits per heavy atom. The van der Waals surface area contributed by atoms with Gasteiger partial charge in [-0.1, -0.05) is 89.6 Å². The van der Waals surface area contributed by atoms with E-state index < -0.39 is 0 Å². The smallest absolute Gasteiger partial charge is 0.0384 e. The summed E-state index contributed by atoms with van der Waals surface area (Å²) in [5.74, 6) is 0. The van der Waals surface area contributed by atoms with Gasteiger partial charge in [0.1, 0.15) is 0 Å². The number of rotatable bonds is 11. The van der Waals surface area contributed by atoms with E-state index >= 15 is 0 Å². The zero-order valence-corrected chi connectivity index (χ0v) is 17.1. The zero-order chi connectivity index (χ0) is 18.7. The molecule has 142 valence electrons. The maximum absolute atomic E-state index is 3.44. The summed E-state index contributed by atoms with van der Waals surface area (Å²) >= 11 is 0. The van der Waals surface area contributed by atoms with Gasteiger partial charge in [0.05, 0.1) is 0 Å². The van der Waals surface area contributed by atoms with Crippen molar-refractivity contribution in [2.45, 2.75) is 78.6 Å². The second-order valence-corrected chi connectivity index (χ2v) is 8.72. The minimum absolute atomic E-state index is 0.506. The van der Waals surface area contributed by atoms with E-state index in [9.17, 15) is 0 Å². The largest absolute Gasteiger partial charge is 0.356 e. The lowest BCUT2D eigenvalue weighted by atomic mass is 9.89. The molecule has 0 aliphatic rings. The van der Waals surface area contributed by atoms with Crippen molar-refractivity contribution >= 4 is 11.4 Å². The highest BCUT2D eigenvalue weighted by atomic mass is 14.9. The van der Waals surface area contributed by atoms with Crippen LogP contribution >= 0.6 is 0 Å². The highest BCUT2D eigenvalue weighted by Gasteiger charge is 2.08. The predicted octanol–water partition coefficient (Wildman–Crippen LogP) is 8.14. The maximum Gasteiger partial charge on any atom is 0.0384 e. The van der Waals surface area contributed by atoms with Gasteiger partial charge < -0.3 is 5.32 Å². The predicted molar refractivity (Wildman–Crippen MR) is 116 cm³/mol. The van der Waals surface area contributed by atoms with Gasteiger partial charge in [0.2, 0.25) is 0 Å². The number of hydrogen-bond donors (Lipinski definition) is 1. The zero-order valence-electron chi connectivity index (χ0n) is 17.1. The normalized spacial score (nSPS) is 11.5. The van der Waals surface area contributed by atoms with Gasteiger partial charge >= 0.3 is 0 Å². The van der Waals surface area contributed by atoms with Crippen LogP contribution in [-0.2, 0) is 6.42 Å². The molecular weight excluding hydrogens is 314 g/mol. The summed E-state index contributed by atoms with van der Waals surface area (Å²) in [6.07, 6.45) is 12.3. The molecule has 0 saturated carbocycles. The van der Waals surface area contributed by atoms with Crippen molar-refractivity contribution in [1.29, 1.82) is 0 Å². The van der Waals surface area contributed by atoms with E-state index in [-0.39, 0.29) is 0 Å². The summed E-state index contributed by atoms with van der Waals surface area (Å²) in [4.78, 5) is 0. The monoisotopic (exact) mass is 351 g/mol. The number of aryl methyl sites for hydroxylation is 1. The van der Waals surface area contributed by atoms with E-state index in [4.69, 9.17) is 0 Å². The van der Waals surface area contributed by atoms with Crippen LogP contribution in [0.3, 0.4) is 0 Å². The summed E-state index contributed by atoms with van der Waals surface area (Å²) < 4.78 is 0. The molecular formula is C25H37N. The van der Waals surface area contributed by atoms with Gasteiger partial charge in [0.15, 0.2) is 0 Å². The van der Waals surface area contributed by atoms with Crippen LogP contribution in [0.25, 0.3) is 0 Å². The van der Waals surface area contributed by atoms with E-state index in [2.05, 4.69) is 74.6 Å². The highest BCUT2D eigenvalue weighted by Crippen LogP contribution is 2.23. The first kappa shape index (κ1) is 20.6. The Bertz CT molecular complexity index is 592. The van der Waals surface area contributed by atoms with Gasteiger partial charge in [-0.2, -0.15) is 0 Å². The molecule has 0 saturated heterocycles. The first-order valence-corrected chi connectivity index (χ1v) is 10.4. The van der Waals surface area contributed by atoms with Gasteiger partial charge in [-0.05, 0) is 54.5 Å². The molecule has 26 heavy (non-hydrogen) atoms. The molecule has 1 nitrogen and oxygen atoms in total. The van der Waals surface area contributed by atoms with Crippen LogP contribution in [0.1, 0.15) is 77.7 Å². The molecule has 0 amide bonds. The lowest BCUT2D eigenvalue weighted by molar-refractivity contribution is 0.356. The average molecular weight is 352 g/mol. The molecule has 0 spiro atoms. The van der Waals surface area contributed by atoms with Crippen LogP contribution < -0.4 is 5.32 Å². The van der Waals surface area contributed by atoms with Gasteiger partial charge in [0, 0.05) is 11.4 Å². The summed E-state index contributed by atoms with van der Waals surface area (Å²) in [5.41, 5.74) is 4.26. The van der Waals surface area contributed by atoms with Gasteiger partial charge in [-0.3, -0.25) is 0 Å². The van der Waals surface area contributed by atoms with Crippen LogP contribution in [-0.4, -0.2) is 0 Å². The first-order chi connectivity index (χ1) is 12.5. The number of nitrogens with one attached hydrogen (secondary N) is 1. The minimum atomic E-state index is 0.506. The average Bonchev–Trinajstić information content (AvgIpc) is 2.62. The summed E-state index contributed by atoms with van der Waals surface area (Å²) in [6, 6.07) is 19.3. The molecule has 0 aliphatic heterocycles. The number of para-hydroxylation sites is 1. The summed E-state index contributed by atoms with van der Waals surface area (Å²) in [6.45, 7) is 7.03. The third-order valence-corrected chi connectivity index (χ3v) is 4.91. The topological polar surface area (TPSA) is 12.0 Å². The van der Waals surface area contributed by atoms with Crippen LogP contribution in [0.4, 0.5) is 11.4 Å². The van der Waals surface area contributed by atoms with E-state index in [0.29, 0.717) is 5.41 Å². The van der Waals surface area contributed by atoms with Crippen LogP contribution in [0.2, 0.25) is 0 Å². The molecule has 2 aromatic carbocycles. The lowest BCUT2D eigenvalue weighted by Crippen LogP contribution is -2.03. The molecule has 0 radical (unpaired) electrons. The maximum atomic E-state index is 3.44. The van der Waals surface area contributed by atoms with Crippen LogP contribution in [0, 0.1) is 5.41 Å². The highest BCUT2D eigenvalue weighted by molar-refractivity contribution is 5.59. The Kier molecular flexibility index (Phi) is 8.74. The molecule has 0 fully saturated rings. The fourth-order valence-electron chi connectivity index (χ4n) is 3.31. The number of anilines is 2. The van der Waals surface area contributed by atoms with Gasteiger partial charge in [-0.15, -0.1) is 0 Å². The number of benzene rings is 2. The van der Waals surface area contributed by atoms with Gasteiger partial charge in [0.25, 0.3) is 0 Å². The molecule has 0 atom stereocenters. The van der Waals surface area contributed by atoms with Crippen LogP contribution in [0.15, 0.2) is 54.6 Å². The van der Waals surface area contributed by atoms with Gasteiger partial charge in [-0.25, -0.2) is 0 Å². The Hall–Kier alpha value is -1.76. The standard InChI is InChI=1S/C25H37N/c1-25(2,3)21-13-8-6-4-5-7-10-14-22-17-19-24(20-18-22)26-23-15-11-9-12-16-23/h9,11-12,15-20,26H,4-8,10,13-14,21H2,1-3H3. The molecule has 1 heteroatoms. The molecule has 0 heterocycles. The summed E-state index contributed by atoms with van der Waals surface area (Å²) in [5, 5.41) is 3.44. The second kappa shape index (κ2) is 11.1. The van der Waals surface area contributed by atoms with E-state index in [1.165, 1.54) is 63.4 Å². The van der Waals surface area contributed by atoms with E-state index in [1.807, 2.05) is 6.07 Å². The van der Waals surface area contributed by atoms with Crippen molar-refractivity contribution in [3.05, 3.63) is 60.2 Å². The summed E-state index contributed by atoms with van der Waals surface area (Å²) in [7, 11) is 0. The number of unbranched alkanes of at least 4 members (excludes halogenated alkanes) is 6. The number of hydrogen-bond acceptors (Lipinski definition) is 1. The SMILES string of the molecule is CC(C)(C)CCCCCCCCCc1ccc(Nc2ccccc2)cc1. The quantitative estimate of drug-likeness (QED) is 0.403. The van der Waals surface area contributed by atoms with Crippen molar-refractivity contribution in [3.63, 3.8) is 0 Å². The second-order valence-electron chi connectivity index (χ2n) is 8.72. The van der Waals surface area contributed by atoms with E-state index in [0.717, 1.165) is 11.4 Å². The fourth-order valence-corrected chi connectivity index (χ4v) is 3.31. The first-order valence-electron chi connectivity index (χ1n) is 10.4. The Morgan fingerprint density at radius 3 is 1.77 bits per heavy atom. The molecule has 0 bridgehead atoms. The van der Waals surface area contributed by atoms with Crippen molar-refractivity contribution in [1.82, 2.24) is 0 Å². The van der Waals surface area contributed by atoms with Crippen molar-refractivity contribution < 1.29 is 0 Å². The Labute approximate surface area is 161 Å². The Morgan fingerprint density at radius 1 is 0.615 bits per heavy atom. The molecule has 1 N–H and O–H groups in total. The van der Waals surface area contributed by atoms with E-state index in [1.54, 1.807) is 0 Å². The fraction of sp³-hybridized carbons (Fsp3) is 0.520. The molecule has 0 aromatic heterocycles. The minimum Gasteiger partial charge on any atom is -0.356 e. The molecule has 2 aromatic rings. The third kappa shape index (κ3) is 9.08. The van der Waals surface area contributed by atoms with Crippen molar-refractivity contribution in [2.75, 3.05) is 5.32 Å². The van der Waals surface area contributed by atoms with Crippen LogP contribution in [0.5, 0.6) is 0 Å².